The van der Waals surface area contributed by atoms with Gasteiger partial charge in [0.1, 0.15) is 0 Å². The third-order valence-electron chi connectivity index (χ3n) is 2.19. The molecule has 0 saturated carbocycles. The minimum Gasteiger partial charge on any atom is -0.478 e. The fraction of sp³-hybridized carbons (Fsp3) is 0.0909. The fourth-order valence-corrected chi connectivity index (χ4v) is 2.07. The van der Waals surface area contributed by atoms with Crippen LogP contribution in [0.3, 0.4) is 0 Å². The van der Waals surface area contributed by atoms with E-state index in [1.165, 1.54) is 23.9 Å². The second-order valence-corrected chi connectivity index (χ2v) is 4.33. The molecule has 0 spiro atoms. The summed E-state index contributed by atoms with van der Waals surface area (Å²) in [5, 5.41) is 16.4. The maximum atomic E-state index is 11.9. The lowest BCUT2D eigenvalue weighted by Gasteiger charge is -2.13. The average molecular weight is 250 g/mol. The Bertz CT molecular complexity index is 479. The van der Waals surface area contributed by atoms with Gasteiger partial charge in [0.2, 0.25) is 0 Å². The summed E-state index contributed by atoms with van der Waals surface area (Å²) in [6.07, 6.45) is 1.72. The fourth-order valence-electron chi connectivity index (χ4n) is 1.42. The van der Waals surface area contributed by atoms with Crippen LogP contribution in [0.15, 0.2) is 35.9 Å². The first-order valence-electron chi connectivity index (χ1n) is 4.88. The number of thioether (sulfide) groups is 1. The molecule has 1 aliphatic heterocycles. The average Bonchev–Trinajstić information content (AvgIpc) is 2.81. The number of nitrogens with one attached hydrogen (secondary N) is 2. The number of hydrogen-bond donors (Lipinski definition) is 3. The van der Waals surface area contributed by atoms with Crippen molar-refractivity contribution in [2.45, 2.75) is 5.50 Å². The predicted octanol–water partition coefficient (Wildman–Crippen LogP) is 1.21. The molecule has 6 heteroatoms. The topological polar surface area (TPSA) is 78.4 Å². The van der Waals surface area contributed by atoms with E-state index in [-0.39, 0.29) is 16.6 Å². The van der Waals surface area contributed by atoms with Crippen molar-refractivity contribution < 1.29 is 14.7 Å². The number of carboxylic acids is 1. The van der Waals surface area contributed by atoms with Gasteiger partial charge in [0.15, 0.2) is 5.50 Å². The highest BCUT2D eigenvalue weighted by atomic mass is 32.2. The third kappa shape index (κ3) is 2.59. The van der Waals surface area contributed by atoms with E-state index in [2.05, 4.69) is 10.6 Å². The quantitative estimate of drug-likeness (QED) is 0.751. The van der Waals surface area contributed by atoms with Crippen molar-refractivity contribution in [2.24, 2.45) is 0 Å². The monoisotopic (exact) mass is 250 g/mol. The van der Waals surface area contributed by atoms with Gasteiger partial charge in [-0.2, -0.15) is 0 Å². The molecular formula is C11H10N2O3S. The summed E-state index contributed by atoms with van der Waals surface area (Å²) in [6.45, 7) is 0. The molecular weight excluding hydrogens is 240 g/mol. The first kappa shape index (κ1) is 11.5. The smallest absolute Gasteiger partial charge is 0.336 e. The van der Waals surface area contributed by atoms with Crippen LogP contribution in [0.1, 0.15) is 20.7 Å². The lowest BCUT2D eigenvalue weighted by molar-refractivity contribution is 0.0691. The highest BCUT2D eigenvalue weighted by molar-refractivity contribution is 8.02. The SMILES string of the molecule is O=C(O)c1ccccc1C(=O)NC1NC=CS1. The molecule has 1 unspecified atom stereocenters. The van der Waals surface area contributed by atoms with Crippen LogP contribution in [0.2, 0.25) is 0 Å². The highest BCUT2D eigenvalue weighted by Gasteiger charge is 2.19. The van der Waals surface area contributed by atoms with Gasteiger partial charge in [-0.05, 0) is 17.5 Å². The van der Waals surface area contributed by atoms with Crippen LogP contribution in [0.4, 0.5) is 0 Å². The summed E-state index contributed by atoms with van der Waals surface area (Å²) in [7, 11) is 0. The van der Waals surface area contributed by atoms with Crippen LogP contribution in [0, 0.1) is 0 Å². The first-order chi connectivity index (χ1) is 8.18. The molecule has 3 N–H and O–H groups in total. The summed E-state index contributed by atoms with van der Waals surface area (Å²) >= 11 is 1.41. The zero-order valence-electron chi connectivity index (χ0n) is 8.71. The molecule has 0 aromatic heterocycles. The second kappa shape index (κ2) is 4.92. The zero-order chi connectivity index (χ0) is 12.3. The van der Waals surface area contributed by atoms with E-state index in [1.54, 1.807) is 18.3 Å². The van der Waals surface area contributed by atoms with Crippen LogP contribution < -0.4 is 10.6 Å². The van der Waals surface area contributed by atoms with Crippen molar-refractivity contribution in [2.75, 3.05) is 0 Å². The molecule has 1 heterocycles. The van der Waals surface area contributed by atoms with E-state index in [0.29, 0.717) is 0 Å². The molecule has 0 radical (unpaired) electrons. The Morgan fingerprint density at radius 2 is 2.00 bits per heavy atom. The maximum Gasteiger partial charge on any atom is 0.336 e. The second-order valence-electron chi connectivity index (χ2n) is 3.31. The van der Waals surface area contributed by atoms with E-state index >= 15 is 0 Å². The normalized spacial score (nSPS) is 17.5. The van der Waals surface area contributed by atoms with Crippen molar-refractivity contribution in [1.82, 2.24) is 10.6 Å². The summed E-state index contributed by atoms with van der Waals surface area (Å²) < 4.78 is 0. The van der Waals surface area contributed by atoms with E-state index in [4.69, 9.17) is 5.11 Å². The number of amides is 1. The molecule has 0 fully saturated rings. The number of rotatable bonds is 3. The molecule has 1 atom stereocenters. The van der Waals surface area contributed by atoms with E-state index in [9.17, 15) is 9.59 Å². The Morgan fingerprint density at radius 1 is 1.29 bits per heavy atom. The largest absolute Gasteiger partial charge is 0.478 e. The van der Waals surface area contributed by atoms with Gasteiger partial charge >= 0.3 is 5.97 Å². The van der Waals surface area contributed by atoms with E-state index in [0.717, 1.165) is 0 Å². The number of carbonyl (C=O) groups excluding carboxylic acids is 1. The Kier molecular flexibility index (Phi) is 3.34. The third-order valence-corrected chi connectivity index (χ3v) is 3.01. The van der Waals surface area contributed by atoms with Crippen LogP contribution in [-0.4, -0.2) is 22.5 Å². The zero-order valence-corrected chi connectivity index (χ0v) is 9.53. The van der Waals surface area contributed by atoms with Gasteiger partial charge in [-0.3, -0.25) is 4.79 Å². The van der Waals surface area contributed by atoms with Crippen LogP contribution in [-0.2, 0) is 0 Å². The van der Waals surface area contributed by atoms with Crippen LogP contribution >= 0.6 is 11.8 Å². The molecule has 5 nitrogen and oxygen atoms in total. The van der Waals surface area contributed by atoms with Crippen molar-refractivity contribution in [3.8, 4) is 0 Å². The Morgan fingerprint density at radius 3 is 2.59 bits per heavy atom. The molecule has 2 rings (SSSR count). The standard InChI is InChI=1S/C11H10N2O3S/c14-9(13-11-12-5-6-17-11)7-3-1-2-4-8(7)10(15)16/h1-6,11-12H,(H,13,14)(H,15,16). The number of hydrogen-bond acceptors (Lipinski definition) is 4. The molecule has 1 aromatic rings. The molecule has 0 aliphatic carbocycles. The van der Waals surface area contributed by atoms with Gasteiger partial charge in [-0.15, -0.1) is 0 Å². The number of carboxylic acid groups (broad SMARTS) is 1. The molecule has 0 bridgehead atoms. The van der Waals surface area contributed by atoms with Crippen molar-refractivity contribution >= 4 is 23.6 Å². The van der Waals surface area contributed by atoms with Gasteiger partial charge in [-0.25, -0.2) is 4.79 Å². The highest BCUT2D eigenvalue weighted by Crippen LogP contribution is 2.14. The number of aromatic carboxylic acids is 1. The molecule has 1 aromatic carbocycles. The van der Waals surface area contributed by atoms with Gasteiger partial charge in [-0.1, -0.05) is 23.9 Å². The lowest BCUT2D eigenvalue weighted by atomic mass is 10.1. The van der Waals surface area contributed by atoms with Gasteiger partial charge < -0.3 is 15.7 Å². The molecule has 1 amide bonds. The van der Waals surface area contributed by atoms with Crippen molar-refractivity contribution in [3.05, 3.63) is 47.0 Å². The molecule has 0 saturated heterocycles. The molecule has 17 heavy (non-hydrogen) atoms. The van der Waals surface area contributed by atoms with Crippen LogP contribution in [0.25, 0.3) is 0 Å². The number of carbonyl (C=O) groups is 2. The van der Waals surface area contributed by atoms with Gasteiger partial charge in [0.05, 0.1) is 11.1 Å². The van der Waals surface area contributed by atoms with Gasteiger partial charge in [0.25, 0.3) is 5.91 Å². The summed E-state index contributed by atoms with van der Waals surface area (Å²) in [5.74, 6) is -1.52. The first-order valence-corrected chi connectivity index (χ1v) is 5.82. The van der Waals surface area contributed by atoms with E-state index in [1.807, 2.05) is 5.41 Å². The van der Waals surface area contributed by atoms with Crippen molar-refractivity contribution in [3.63, 3.8) is 0 Å². The van der Waals surface area contributed by atoms with Crippen LogP contribution in [0.5, 0.6) is 0 Å². The summed E-state index contributed by atoms with van der Waals surface area (Å²) in [6, 6.07) is 6.12. The van der Waals surface area contributed by atoms with Gasteiger partial charge in [0, 0.05) is 6.20 Å². The lowest BCUT2D eigenvalue weighted by Crippen LogP contribution is -2.39. The number of benzene rings is 1. The minimum absolute atomic E-state index is 0.000885. The maximum absolute atomic E-state index is 11.9. The summed E-state index contributed by atoms with van der Waals surface area (Å²) in [4.78, 5) is 22.8. The van der Waals surface area contributed by atoms with E-state index < -0.39 is 11.9 Å². The summed E-state index contributed by atoms with van der Waals surface area (Å²) in [5.41, 5.74) is -0.0837. The predicted molar refractivity (Wildman–Crippen MR) is 64.5 cm³/mol. The Hall–Kier alpha value is -1.95. The Labute approximate surface area is 102 Å². The minimum atomic E-state index is -1.11. The molecule has 88 valence electrons. The Balaban J connectivity index is 2.15. The van der Waals surface area contributed by atoms with Crippen molar-refractivity contribution in [1.29, 1.82) is 0 Å². The molecule has 1 aliphatic rings.